The molecule has 0 aliphatic heterocycles. The van der Waals surface area contributed by atoms with Gasteiger partial charge in [0.15, 0.2) is 5.56 Å². The zero-order valence-electron chi connectivity index (χ0n) is 9.22. The summed E-state index contributed by atoms with van der Waals surface area (Å²) in [5.41, 5.74) is 1.13. The van der Waals surface area contributed by atoms with E-state index in [0.717, 1.165) is 6.07 Å². The monoisotopic (exact) mass is 241 g/mol. The molecule has 0 radical (unpaired) electrons. The van der Waals surface area contributed by atoms with E-state index in [4.69, 9.17) is 15.3 Å². The molecule has 0 atom stereocenters. The molecular formula is C9H11N3O5. The number of nitro groups is 1. The van der Waals surface area contributed by atoms with E-state index in [2.05, 4.69) is 0 Å². The van der Waals surface area contributed by atoms with Crippen molar-refractivity contribution in [2.45, 2.75) is 0 Å². The van der Waals surface area contributed by atoms with Crippen molar-refractivity contribution in [1.29, 1.82) is 0 Å². The van der Waals surface area contributed by atoms with E-state index in [1.165, 1.54) is 20.3 Å². The fourth-order valence-electron chi connectivity index (χ4n) is 1.30. The first kappa shape index (κ1) is 12.7. The zero-order valence-corrected chi connectivity index (χ0v) is 9.22. The van der Waals surface area contributed by atoms with Gasteiger partial charge in [0.2, 0.25) is 0 Å². The van der Waals surface area contributed by atoms with Crippen LogP contribution in [0.5, 0.6) is 11.5 Å². The van der Waals surface area contributed by atoms with Crippen LogP contribution < -0.4 is 20.7 Å². The van der Waals surface area contributed by atoms with Crippen molar-refractivity contribution >= 4 is 11.6 Å². The van der Waals surface area contributed by atoms with Crippen LogP contribution in [-0.4, -0.2) is 25.1 Å². The first-order valence-corrected chi connectivity index (χ1v) is 4.46. The van der Waals surface area contributed by atoms with E-state index < -0.39 is 16.5 Å². The summed E-state index contributed by atoms with van der Waals surface area (Å²) in [4.78, 5) is 21.6. The molecule has 0 fully saturated rings. The number of hydrogen-bond donors (Lipinski definition) is 2. The minimum atomic E-state index is -0.809. The lowest BCUT2D eigenvalue weighted by Crippen LogP contribution is -2.31. The Morgan fingerprint density at radius 3 is 2.47 bits per heavy atom. The summed E-state index contributed by atoms with van der Waals surface area (Å²) in [5, 5.41) is 10.9. The third-order valence-corrected chi connectivity index (χ3v) is 2.07. The number of carbonyl (C=O) groups is 1. The average molecular weight is 241 g/mol. The molecule has 1 rings (SSSR count). The number of ether oxygens (including phenoxy) is 2. The molecule has 8 heteroatoms. The first-order chi connectivity index (χ1) is 8.04. The van der Waals surface area contributed by atoms with Gasteiger partial charge in [-0.3, -0.25) is 20.3 Å². The Kier molecular flexibility index (Phi) is 3.83. The number of methoxy groups -OCH3 is 2. The van der Waals surface area contributed by atoms with Crippen LogP contribution in [0, 0.1) is 10.1 Å². The van der Waals surface area contributed by atoms with Gasteiger partial charge in [-0.15, -0.1) is 0 Å². The second-order valence-electron chi connectivity index (χ2n) is 2.95. The van der Waals surface area contributed by atoms with E-state index in [9.17, 15) is 14.9 Å². The number of rotatable bonds is 4. The lowest BCUT2D eigenvalue weighted by Gasteiger charge is -2.09. The van der Waals surface area contributed by atoms with Gasteiger partial charge in [0.1, 0.15) is 11.5 Å². The van der Waals surface area contributed by atoms with Gasteiger partial charge in [-0.1, -0.05) is 0 Å². The van der Waals surface area contributed by atoms with Crippen molar-refractivity contribution in [3.8, 4) is 11.5 Å². The summed E-state index contributed by atoms with van der Waals surface area (Å²) >= 11 is 0. The number of nitrogens with one attached hydrogen (secondary N) is 1. The van der Waals surface area contributed by atoms with Crippen molar-refractivity contribution in [2.24, 2.45) is 5.84 Å². The first-order valence-electron chi connectivity index (χ1n) is 4.46. The Balaban J connectivity index is 3.52. The summed E-state index contributed by atoms with van der Waals surface area (Å²) in [5.74, 6) is 4.37. The van der Waals surface area contributed by atoms with E-state index >= 15 is 0 Å². The van der Waals surface area contributed by atoms with E-state index in [1.807, 2.05) is 5.43 Å². The normalized spacial score (nSPS) is 9.59. The molecule has 1 aromatic rings. The number of nitro benzene ring substituents is 1. The topological polar surface area (TPSA) is 117 Å². The number of nitrogens with two attached hydrogens (primary N) is 1. The van der Waals surface area contributed by atoms with Gasteiger partial charge in [0.05, 0.1) is 25.2 Å². The molecule has 0 aliphatic carbocycles. The molecule has 0 unspecified atom stereocenters. The molecule has 0 aliphatic rings. The Morgan fingerprint density at radius 2 is 2.06 bits per heavy atom. The summed E-state index contributed by atoms with van der Waals surface area (Å²) in [7, 11) is 2.63. The SMILES string of the molecule is COc1cc(OC)c(C(=O)NN)c([N+](=O)[O-])c1. The van der Waals surface area contributed by atoms with Gasteiger partial charge in [0, 0.05) is 6.07 Å². The van der Waals surface area contributed by atoms with Gasteiger partial charge in [-0.2, -0.15) is 0 Å². The fourth-order valence-corrected chi connectivity index (χ4v) is 1.30. The predicted molar refractivity (Wildman–Crippen MR) is 57.9 cm³/mol. The highest BCUT2D eigenvalue weighted by atomic mass is 16.6. The van der Waals surface area contributed by atoms with Gasteiger partial charge < -0.3 is 9.47 Å². The number of carbonyl (C=O) groups excluding carboxylic acids is 1. The highest BCUT2D eigenvalue weighted by Crippen LogP contribution is 2.33. The van der Waals surface area contributed by atoms with Crippen LogP contribution >= 0.6 is 0 Å². The third kappa shape index (κ3) is 2.42. The smallest absolute Gasteiger partial charge is 0.289 e. The Bertz CT molecular complexity index is 460. The van der Waals surface area contributed by atoms with Crippen molar-refractivity contribution in [1.82, 2.24) is 5.43 Å². The van der Waals surface area contributed by atoms with Gasteiger partial charge in [-0.05, 0) is 0 Å². The van der Waals surface area contributed by atoms with E-state index in [1.54, 1.807) is 0 Å². The number of amides is 1. The molecular weight excluding hydrogens is 230 g/mol. The molecule has 1 amide bonds. The molecule has 0 saturated heterocycles. The van der Waals surface area contributed by atoms with Crippen LogP contribution in [0.25, 0.3) is 0 Å². The van der Waals surface area contributed by atoms with E-state index in [-0.39, 0.29) is 17.1 Å². The lowest BCUT2D eigenvalue weighted by molar-refractivity contribution is -0.385. The molecule has 0 saturated carbocycles. The van der Waals surface area contributed by atoms with Crippen LogP contribution in [0.15, 0.2) is 12.1 Å². The third-order valence-electron chi connectivity index (χ3n) is 2.07. The average Bonchev–Trinajstić information content (AvgIpc) is 2.35. The molecule has 17 heavy (non-hydrogen) atoms. The second-order valence-corrected chi connectivity index (χ2v) is 2.95. The maximum Gasteiger partial charge on any atom is 0.289 e. The standard InChI is InChI=1S/C9H11N3O5/c1-16-5-3-6(12(14)15)8(9(13)11-10)7(4-5)17-2/h3-4H,10H2,1-2H3,(H,11,13). The summed E-state index contributed by atoms with van der Waals surface area (Å²) in [6.45, 7) is 0. The van der Waals surface area contributed by atoms with Crippen molar-refractivity contribution in [3.05, 3.63) is 27.8 Å². The Morgan fingerprint density at radius 1 is 1.41 bits per heavy atom. The van der Waals surface area contributed by atoms with Crippen molar-refractivity contribution in [3.63, 3.8) is 0 Å². The maximum atomic E-state index is 11.5. The van der Waals surface area contributed by atoms with Crippen LogP contribution in [0.1, 0.15) is 10.4 Å². The molecule has 8 nitrogen and oxygen atoms in total. The Hall–Kier alpha value is -2.35. The predicted octanol–water partition coefficient (Wildman–Crippen LogP) is 0.215. The number of nitrogen functional groups attached to an aromatic ring is 1. The largest absolute Gasteiger partial charge is 0.496 e. The molecule has 3 N–H and O–H groups in total. The molecule has 92 valence electrons. The minimum Gasteiger partial charge on any atom is -0.496 e. The highest BCUT2D eigenvalue weighted by Gasteiger charge is 2.26. The van der Waals surface area contributed by atoms with E-state index in [0.29, 0.717) is 0 Å². The summed E-state index contributed by atoms with van der Waals surface area (Å²) in [6, 6.07) is 2.48. The van der Waals surface area contributed by atoms with Gasteiger partial charge >= 0.3 is 0 Å². The molecule has 0 spiro atoms. The van der Waals surface area contributed by atoms with Gasteiger partial charge in [-0.25, -0.2) is 5.84 Å². The number of hydrogen-bond acceptors (Lipinski definition) is 6. The second kappa shape index (κ2) is 5.12. The van der Waals surface area contributed by atoms with Crippen LogP contribution in [0.4, 0.5) is 5.69 Å². The van der Waals surface area contributed by atoms with Crippen LogP contribution in [-0.2, 0) is 0 Å². The molecule has 0 bridgehead atoms. The van der Waals surface area contributed by atoms with Gasteiger partial charge in [0.25, 0.3) is 11.6 Å². The number of benzene rings is 1. The zero-order chi connectivity index (χ0) is 13.0. The van der Waals surface area contributed by atoms with Crippen LogP contribution in [0.2, 0.25) is 0 Å². The minimum absolute atomic E-state index is 0.0130. The van der Waals surface area contributed by atoms with Crippen molar-refractivity contribution < 1.29 is 19.2 Å². The Labute approximate surface area is 96.4 Å². The molecule has 0 aromatic heterocycles. The number of hydrazine groups is 1. The van der Waals surface area contributed by atoms with Crippen molar-refractivity contribution in [2.75, 3.05) is 14.2 Å². The quantitative estimate of drug-likeness (QED) is 0.337. The molecule has 1 aromatic carbocycles. The molecule has 0 heterocycles. The highest BCUT2D eigenvalue weighted by molar-refractivity contribution is 6.00. The summed E-state index contributed by atoms with van der Waals surface area (Å²) < 4.78 is 9.77. The fraction of sp³-hybridized carbons (Fsp3) is 0.222. The summed E-state index contributed by atoms with van der Waals surface area (Å²) in [6.07, 6.45) is 0. The lowest BCUT2D eigenvalue weighted by atomic mass is 10.1. The maximum absolute atomic E-state index is 11.5. The number of nitrogens with zero attached hydrogens (tertiary/aromatic N) is 1. The van der Waals surface area contributed by atoms with Crippen LogP contribution in [0.3, 0.4) is 0 Å².